The van der Waals surface area contributed by atoms with Crippen LogP contribution in [0.4, 0.5) is 0 Å². The Labute approximate surface area is 68.2 Å². The Morgan fingerprint density at radius 2 is 1.82 bits per heavy atom. The molecule has 0 radical (unpaired) electrons. The van der Waals surface area contributed by atoms with Crippen LogP contribution >= 0.6 is 0 Å². The maximum atomic E-state index is 9.56. The van der Waals surface area contributed by atoms with E-state index in [-0.39, 0.29) is 0 Å². The van der Waals surface area contributed by atoms with Crippen molar-refractivity contribution < 1.29 is 10.2 Å². The first-order valence-corrected chi connectivity index (χ1v) is 4.49. The van der Waals surface area contributed by atoms with Crippen molar-refractivity contribution in [3.63, 3.8) is 0 Å². The van der Waals surface area contributed by atoms with E-state index >= 15 is 0 Å². The van der Waals surface area contributed by atoms with Gasteiger partial charge in [-0.2, -0.15) is 0 Å². The summed E-state index contributed by atoms with van der Waals surface area (Å²) in [6.07, 6.45) is 1.93. The average Bonchev–Trinajstić information content (AvgIpc) is 1.94. The lowest BCUT2D eigenvalue weighted by Gasteiger charge is -2.34. The standard InChI is InChI=1S/C9H18O2/c1-6(2)7-4-3-5-8(10)9(7)11/h6-11H,3-5H2,1-2H3/t7-,8-,9+/m0/s1. The van der Waals surface area contributed by atoms with Crippen molar-refractivity contribution >= 4 is 0 Å². The van der Waals surface area contributed by atoms with Gasteiger partial charge >= 0.3 is 0 Å². The average molecular weight is 158 g/mol. The topological polar surface area (TPSA) is 40.5 Å². The van der Waals surface area contributed by atoms with E-state index in [1.807, 2.05) is 0 Å². The van der Waals surface area contributed by atoms with Gasteiger partial charge in [0.25, 0.3) is 0 Å². The third-order valence-corrected chi connectivity index (χ3v) is 2.73. The van der Waals surface area contributed by atoms with Crippen molar-refractivity contribution in [3.05, 3.63) is 0 Å². The SMILES string of the molecule is CC(C)[C@@H]1CCC[C@H](O)[C@@H]1O. The van der Waals surface area contributed by atoms with Crippen molar-refractivity contribution in [1.29, 1.82) is 0 Å². The van der Waals surface area contributed by atoms with Gasteiger partial charge in [-0.3, -0.25) is 0 Å². The van der Waals surface area contributed by atoms with E-state index in [9.17, 15) is 10.2 Å². The monoisotopic (exact) mass is 158 g/mol. The zero-order valence-corrected chi connectivity index (χ0v) is 7.33. The molecule has 0 bridgehead atoms. The Balaban J connectivity index is 2.51. The molecule has 0 aromatic rings. The molecule has 1 rings (SSSR count). The second-order valence-electron chi connectivity index (χ2n) is 3.90. The predicted molar refractivity (Wildman–Crippen MR) is 44.2 cm³/mol. The Morgan fingerprint density at radius 1 is 1.18 bits per heavy atom. The molecule has 3 atom stereocenters. The normalized spacial score (nSPS) is 39.5. The Bertz CT molecular complexity index is 123. The summed E-state index contributed by atoms with van der Waals surface area (Å²) < 4.78 is 0. The van der Waals surface area contributed by atoms with Gasteiger partial charge in [-0.1, -0.05) is 20.3 Å². The summed E-state index contributed by atoms with van der Waals surface area (Å²) in [5.74, 6) is 0.790. The minimum Gasteiger partial charge on any atom is -0.390 e. The molecule has 1 aliphatic rings. The van der Waals surface area contributed by atoms with Crippen LogP contribution in [0.3, 0.4) is 0 Å². The fourth-order valence-electron chi connectivity index (χ4n) is 1.92. The van der Waals surface area contributed by atoms with E-state index in [2.05, 4.69) is 13.8 Å². The van der Waals surface area contributed by atoms with Crippen LogP contribution in [0.2, 0.25) is 0 Å². The van der Waals surface area contributed by atoms with Crippen LogP contribution in [-0.4, -0.2) is 22.4 Å². The number of rotatable bonds is 1. The van der Waals surface area contributed by atoms with Crippen LogP contribution in [-0.2, 0) is 0 Å². The van der Waals surface area contributed by atoms with Gasteiger partial charge in [0.2, 0.25) is 0 Å². The Morgan fingerprint density at radius 3 is 2.27 bits per heavy atom. The van der Waals surface area contributed by atoms with Gasteiger partial charge in [-0.15, -0.1) is 0 Å². The van der Waals surface area contributed by atoms with Gasteiger partial charge in [-0.05, 0) is 24.7 Å². The van der Waals surface area contributed by atoms with Crippen LogP contribution in [0.5, 0.6) is 0 Å². The first-order valence-electron chi connectivity index (χ1n) is 4.49. The largest absolute Gasteiger partial charge is 0.390 e. The molecule has 2 N–H and O–H groups in total. The smallest absolute Gasteiger partial charge is 0.0829 e. The summed E-state index contributed by atoms with van der Waals surface area (Å²) in [7, 11) is 0. The molecular weight excluding hydrogens is 140 g/mol. The highest BCUT2D eigenvalue weighted by Gasteiger charge is 2.31. The lowest BCUT2D eigenvalue weighted by atomic mass is 9.78. The molecule has 0 aromatic heterocycles. The van der Waals surface area contributed by atoms with Gasteiger partial charge in [0.05, 0.1) is 12.2 Å². The number of hydrogen-bond acceptors (Lipinski definition) is 2. The van der Waals surface area contributed by atoms with Crippen LogP contribution < -0.4 is 0 Å². The molecule has 1 aliphatic carbocycles. The van der Waals surface area contributed by atoms with Crippen molar-refractivity contribution in [2.45, 2.75) is 45.3 Å². The summed E-state index contributed by atoms with van der Waals surface area (Å²) in [6, 6.07) is 0. The molecular formula is C9H18O2. The van der Waals surface area contributed by atoms with E-state index in [0.717, 1.165) is 19.3 Å². The zero-order chi connectivity index (χ0) is 8.43. The van der Waals surface area contributed by atoms with Crippen LogP contribution in [0.25, 0.3) is 0 Å². The van der Waals surface area contributed by atoms with Crippen molar-refractivity contribution in [3.8, 4) is 0 Å². The molecule has 11 heavy (non-hydrogen) atoms. The second kappa shape index (κ2) is 3.55. The Hall–Kier alpha value is -0.0800. The Kier molecular flexibility index (Phi) is 2.90. The number of aliphatic hydroxyl groups is 2. The first-order chi connectivity index (χ1) is 5.13. The fourth-order valence-corrected chi connectivity index (χ4v) is 1.92. The molecule has 0 spiro atoms. The molecule has 66 valence electrons. The number of hydrogen-bond donors (Lipinski definition) is 2. The predicted octanol–water partition coefficient (Wildman–Crippen LogP) is 1.16. The molecule has 0 amide bonds. The van der Waals surface area contributed by atoms with Gasteiger partial charge < -0.3 is 10.2 Å². The molecule has 1 fully saturated rings. The van der Waals surface area contributed by atoms with Crippen LogP contribution in [0.1, 0.15) is 33.1 Å². The molecule has 0 unspecified atom stereocenters. The summed E-state index contributed by atoms with van der Waals surface area (Å²) in [6.45, 7) is 4.21. The summed E-state index contributed by atoms with van der Waals surface area (Å²) in [4.78, 5) is 0. The highest BCUT2D eigenvalue weighted by molar-refractivity contribution is 4.82. The molecule has 0 heterocycles. The second-order valence-corrected chi connectivity index (χ2v) is 3.90. The third kappa shape index (κ3) is 1.94. The zero-order valence-electron chi connectivity index (χ0n) is 7.33. The van der Waals surface area contributed by atoms with Gasteiger partial charge in [0, 0.05) is 0 Å². The molecule has 2 nitrogen and oxygen atoms in total. The molecule has 0 aromatic carbocycles. The molecule has 1 saturated carbocycles. The highest BCUT2D eigenvalue weighted by Crippen LogP contribution is 2.30. The lowest BCUT2D eigenvalue weighted by Crippen LogP contribution is -2.39. The van der Waals surface area contributed by atoms with Crippen molar-refractivity contribution in [1.82, 2.24) is 0 Å². The van der Waals surface area contributed by atoms with E-state index in [1.165, 1.54) is 0 Å². The quantitative estimate of drug-likeness (QED) is 0.601. The van der Waals surface area contributed by atoms with Gasteiger partial charge in [-0.25, -0.2) is 0 Å². The van der Waals surface area contributed by atoms with Crippen LogP contribution in [0.15, 0.2) is 0 Å². The van der Waals surface area contributed by atoms with Gasteiger partial charge in [0.1, 0.15) is 0 Å². The van der Waals surface area contributed by atoms with Crippen LogP contribution in [0, 0.1) is 11.8 Å². The minimum atomic E-state index is -0.483. The molecule has 0 saturated heterocycles. The van der Waals surface area contributed by atoms with Crippen molar-refractivity contribution in [2.75, 3.05) is 0 Å². The van der Waals surface area contributed by atoms with E-state index < -0.39 is 12.2 Å². The highest BCUT2D eigenvalue weighted by atomic mass is 16.3. The van der Waals surface area contributed by atoms with Crippen molar-refractivity contribution in [2.24, 2.45) is 11.8 Å². The van der Waals surface area contributed by atoms with Gasteiger partial charge in [0.15, 0.2) is 0 Å². The number of aliphatic hydroxyl groups excluding tert-OH is 2. The lowest BCUT2D eigenvalue weighted by molar-refractivity contribution is -0.0573. The first kappa shape index (κ1) is 9.01. The third-order valence-electron chi connectivity index (χ3n) is 2.73. The van der Waals surface area contributed by atoms with E-state index in [1.54, 1.807) is 0 Å². The fraction of sp³-hybridized carbons (Fsp3) is 1.00. The molecule has 2 heteroatoms. The summed E-state index contributed by atoms with van der Waals surface area (Å²) in [5, 5.41) is 18.9. The van der Waals surface area contributed by atoms with E-state index in [4.69, 9.17) is 0 Å². The minimum absolute atomic E-state index is 0.304. The summed E-state index contributed by atoms with van der Waals surface area (Å²) >= 11 is 0. The molecule has 0 aliphatic heterocycles. The maximum absolute atomic E-state index is 9.56. The summed E-state index contributed by atoms with van der Waals surface area (Å²) in [5.41, 5.74) is 0. The van der Waals surface area contributed by atoms with E-state index in [0.29, 0.717) is 11.8 Å². The maximum Gasteiger partial charge on any atom is 0.0829 e.